The summed E-state index contributed by atoms with van der Waals surface area (Å²) in [5, 5.41) is 2.89. The summed E-state index contributed by atoms with van der Waals surface area (Å²) >= 11 is 0. The van der Waals surface area contributed by atoms with Crippen molar-refractivity contribution in [1.29, 1.82) is 0 Å². The number of benzene rings is 2. The van der Waals surface area contributed by atoms with E-state index in [0.717, 1.165) is 16.9 Å². The number of aryl methyl sites for hydroxylation is 2. The average Bonchev–Trinajstić information content (AvgIpc) is 2.73. The van der Waals surface area contributed by atoms with Gasteiger partial charge >= 0.3 is 0 Å². The molecule has 0 saturated carbocycles. The van der Waals surface area contributed by atoms with E-state index < -0.39 is 0 Å². The second-order valence-corrected chi connectivity index (χ2v) is 8.07. The van der Waals surface area contributed by atoms with Crippen LogP contribution in [0, 0.1) is 13.8 Å². The van der Waals surface area contributed by atoms with Crippen molar-refractivity contribution in [3.63, 3.8) is 0 Å². The molecule has 4 rings (SSSR count). The largest absolute Gasteiger partial charge is 0.372 e. The number of carbonyl (C=O) groups excluding carboxylic acids is 2. The predicted octanol–water partition coefficient (Wildman–Crippen LogP) is 3.75. The summed E-state index contributed by atoms with van der Waals surface area (Å²) in [6.45, 7) is 8.75. The number of fused-ring (bicyclic) bond motifs is 1. The van der Waals surface area contributed by atoms with Crippen LogP contribution in [0.2, 0.25) is 0 Å². The van der Waals surface area contributed by atoms with Crippen LogP contribution in [0.3, 0.4) is 0 Å². The highest BCUT2D eigenvalue weighted by molar-refractivity contribution is 6.09. The van der Waals surface area contributed by atoms with Crippen molar-refractivity contribution in [3.8, 4) is 0 Å². The molecular formula is C24H26N4O3. The lowest BCUT2D eigenvalue weighted by atomic mass is 10.1. The standard InChI is InChI=1S/C24H26N4O3/c1-14-12-28(13-15(2)31-14)24(30)19-7-5-6-8-20(19)27-23(29)18-9-10-21-22(11-18)26-17(4)16(3)25-21/h5-11,14-15H,12-13H2,1-4H3,(H,27,29)/t14-,15-/m0/s1. The van der Waals surface area contributed by atoms with Crippen LogP contribution in [0.4, 0.5) is 5.69 Å². The minimum absolute atomic E-state index is 0.0275. The third-order valence-electron chi connectivity index (χ3n) is 5.45. The zero-order chi connectivity index (χ0) is 22.1. The zero-order valence-corrected chi connectivity index (χ0v) is 18.2. The highest BCUT2D eigenvalue weighted by atomic mass is 16.5. The minimum Gasteiger partial charge on any atom is -0.372 e. The molecule has 0 radical (unpaired) electrons. The molecule has 1 aliphatic rings. The number of nitrogens with zero attached hydrogens (tertiary/aromatic N) is 3. The molecule has 2 heterocycles. The number of amides is 2. The molecule has 31 heavy (non-hydrogen) atoms. The third-order valence-corrected chi connectivity index (χ3v) is 5.45. The summed E-state index contributed by atoms with van der Waals surface area (Å²) in [6, 6.07) is 12.3. The highest BCUT2D eigenvalue weighted by Crippen LogP contribution is 2.22. The van der Waals surface area contributed by atoms with Gasteiger partial charge in [-0.2, -0.15) is 0 Å². The number of hydrogen-bond donors (Lipinski definition) is 1. The lowest BCUT2D eigenvalue weighted by Gasteiger charge is -2.35. The van der Waals surface area contributed by atoms with Crippen LogP contribution >= 0.6 is 0 Å². The maximum absolute atomic E-state index is 13.2. The Kier molecular flexibility index (Phi) is 5.69. The molecule has 7 heteroatoms. The lowest BCUT2D eigenvalue weighted by molar-refractivity contribution is -0.0585. The van der Waals surface area contributed by atoms with Gasteiger partial charge in [0.05, 0.1) is 45.9 Å². The van der Waals surface area contributed by atoms with Crippen LogP contribution in [0.1, 0.15) is 46.0 Å². The van der Waals surface area contributed by atoms with Gasteiger partial charge in [-0.05, 0) is 58.0 Å². The average molecular weight is 418 g/mol. The molecule has 1 saturated heterocycles. The van der Waals surface area contributed by atoms with Crippen LogP contribution in [0.15, 0.2) is 42.5 Å². The Morgan fingerprint density at radius 3 is 2.32 bits per heavy atom. The molecule has 3 aromatic rings. The fourth-order valence-corrected chi connectivity index (χ4v) is 3.86. The van der Waals surface area contributed by atoms with E-state index >= 15 is 0 Å². The van der Waals surface area contributed by atoms with Gasteiger partial charge in [-0.15, -0.1) is 0 Å². The quantitative estimate of drug-likeness (QED) is 0.700. The number of morpholine rings is 1. The number of rotatable bonds is 3. The Morgan fingerprint density at radius 2 is 1.61 bits per heavy atom. The molecule has 2 amide bonds. The molecule has 0 spiro atoms. The molecule has 1 fully saturated rings. The number of nitrogens with one attached hydrogen (secondary N) is 1. The van der Waals surface area contributed by atoms with Gasteiger partial charge in [-0.1, -0.05) is 12.1 Å². The van der Waals surface area contributed by atoms with Gasteiger partial charge in [0.2, 0.25) is 0 Å². The summed E-state index contributed by atoms with van der Waals surface area (Å²) in [6.07, 6.45) is -0.0551. The number of hydrogen-bond acceptors (Lipinski definition) is 5. The Morgan fingerprint density at radius 1 is 0.968 bits per heavy atom. The Bertz CT molecular complexity index is 1150. The van der Waals surface area contributed by atoms with Gasteiger partial charge in [0.25, 0.3) is 11.8 Å². The second kappa shape index (κ2) is 8.43. The number of aromatic nitrogens is 2. The van der Waals surface area contributed by atoms with Crippen LogP contribution in [0.25, 0.3) is 11.0 Å². The summed E-state index contributed by atoms with van der Waals surface area (Å²) < 4.78 is 5.73. The van der Waals surface area contributed by atoms with E-state index in [9.17, 15) is 9.59 Å². The van der Waals surface area contributed by atoms with Crippen LogP contribution < -0.4 is 5.32 Å². The van der Waals surface area contributed by atoms with Crippen molar-refractivity contribution < 1.29 is 14.3 Å². The monoisotopic (exact) mass is 418 g/mol. The maximum Gasteiger partial charge on any atom is 0.256 e. The first-order chi connectivity index (χ1) is 14.8. The molecule has 1 aliphatic heterocycles. The number of para-hydroxylation sites is 1. The van der Waals surface area contributed by atoms with Crippen molar-refractivity contribution in [2.24, 2.45) is 0 Å². The van der Waals surface area contributed by atoms with E-state index in [1.807, 2.05) is 27.7 Å². The van der Waals surface area contributed by atoms with E-state index in [2.05, 4.69) is 15.3 Å². The van der Waals surface area contributed by atoms with Gasteiger partial charge in [-0.3, -0.25) is 9.59 Å². The van der Waals surface area contributed by atoms with Crippen molar-refractivity contribution in [1.82, 2.24) is 14.9 Å². The van der Waals surface area contributed by atoms with E-state index in [0.29, 0.717) is 35.4 Å². The summed E-state index contributed by atoms with van der Waals surface area (Å²) in [5.41, 5.74) is 4.50. The summed E-state index contributed by atoms with van der Waals surface area (Å²) in [7, 11) is 0. The molecule has 1 aromatic heterocycles. The second-order valence-electron chi connectivity index (χ2n) is 8.07. The Balaban J connectivity index is 1.59. The highest BCUT2D eigenvalue weighted by Gasteiger charge is 2.28. The minimum atomic E-state index is -0.300. The third kappa shape index (κ3) is 4.41. The lowest BCUT2D eigenvalue weighted by Crippen LogP contribution is -2.48. The van der Waals surface area contributed by atoms with Crippen LogP contribution in [0.5, 0.6) is 0 Å². The molecular weight excluding hydrogens is 392 g/mol. The summed E-state index contributed by atoms with van der Waals surface area (Å²) in [4.78, 5) is 37.0. The van der Waals surface area contributed by atoms with Crippen LogP contribution in [-0.4, -0.2) is 52.0 Å². The van der Waals surface area contributed by atoms with Crippen LogP contribution in [-0.2, 0) is 4.74 Å². The maximum atomic E-state index is 13.2. The molecule has 1 N–H and O–H groups in total. The Labute approximate surface area is 181 Å². The SMILES string of the molecule is Cc1nc2ccc(C(=O)Nc3ccccc3C(=O)N3C[C@H](C)O[C@@H](C)C3)cc2nc1C. The first-order valence-corrected chi connectivity index (χ1v) is 10.4. The Hall–Kier alpha value is -3.32. The van der Waals surface area contributed by atoms with Gasteiger partial charge in [0.15, 0.2) is 0 Å². The summed E-state index contributed by atoms with van der Waals surface area (Å²) in [5.74, 6) is -0.417. The van der Waals surface area contributed by atoms with E-state index in [4.69, 9.17) is 4.74 Å². The molecule has 7 nitrogen and oxygen atoms in total. The topological polar surface area (TPSA) is 84.4 Å². The molecule has 0 aliphatic carbocycles. The van der Waals surface area contributed by atoms with Gasteiger partial charge in [-0.25, -0.2) is 9.97 Å². The number of anilines is 1. The number of ether oxygens (including phenoxy) is 1. The predicted molar refractivity (Wildman–Crippen MR) is 119 cm³/mol. The van der Waals surface area contributed by atoms with E-state index in [1.54, 1.807) is 47.4 Å². The van der Waals surface area contributed by atoms with Crippen molar-refractivity contribution in [2.75, 3.05) is 18.4 Å². The molecule has 0 bridgehead atoms. The van der Waals surface area contributed by atoms with Gasteiger partial charge in [0, 0.05) is 18.7 Å². The fraction of sp³-hybridized carbons (Fsp3) is 0.333. The fourth-order valence-electron chi connectivity index (χ4n) is 3.86. The molecule has 0 unspecified atom stereocenters. The first-order valence-electron chi connectivity index (χ1n) is 10.4. The van der Waals surface area contributed by atoms with Gasteiger partial charge < -0.3 is 15.0 Å². The number of carbonyl (C=O) groups is 2. The van der Waals surface area contributed by atoms with E-state index in [1.165, 1.54) is 0 Å². The van der Waals surface area contributed by atoms with Crippen molar-refractivity contribution >= 4 is 28.5 Å². The molecule has 2 atom stereocenters. The zero-order valence-electron chi connectivity index (χ0n) is 18.2. The smallest absolute Gasteiger partial charge is 0.256 e. The van der Waals surface area contributed by atoms with Gasteiger partial charge in [0.1, 0.15) is 0 Å². The first kappa shape index (κ1) is 20.9. The van der Waals surface area contributed by atoms with Crippen molar-refractivity contribution in [3.05, 3.63) is 65.0 Å². The van der Waals surface area contributed by atoms with E-state index in [-0.39, 0.29) is 24.0 Å². The normalized spacial score (nSPS) is 18.8. The molecule has 160 valence electrons. The van der Waals surface area contributed by atoms with Crippen molar-refractivity contribution in [2.45, 2.75) is 39.9 Å². The molecule has 2 aromatic carbocycles.